The highest BCUT2D eigenvalue weighted by Crippen LogP contribution is 2.63. The molecule has 2 aromatic carbocycles. The lowest BCUT2D eigenvalue weighted by molar-refractivity contribution is -0.254. The van der Waals surface area contributed by atoms with E-state index < -0.39 is 47.0 Å². The van der Waals surface area contributed by atoms with Crippen LogP contribution in [0.1, 0.15) is 50.8 Å². The van der Waals surface area contributed by atoms with Crippen LogP contribution in [0.5, 0.6) is 5.75 Å². The van der Waals surface area contributed by atoms with Gasteiger partial charge in [-0.25, -0.2) is 0 Å². The van der Waals surface area contributed by atoms with Gasteiger partial charge in [-0.3, -0.25) is 0 Å². The molecule has 7 atom stereocenters. The number of aliphatic hydroxyl groups is 6. The van der Waals surface area contributed by atoms with E-state index in [0.29, 0.717) is 54.1 Å². The van der Waals surface area contributed by atoms with Crippen LogP contribution in [-0.2, 0) is 16.6 Å². The minimum absolute atomic E-state index is 0.213. The van der Waals surface area contributed by atoms with Crippen LogP contribution in [-0.4, -0.2) is 86.6 Å². The van der Waals surface area contributed by atoms with Crippen molar-refractivity contribution in [2.24, 2.45) is 11.3 Å². The maximum Gasteiger partial charge on any atom is 0.119 e. The molecule has 216 valence electrons. The lowest BCUT2D eigenvalue weighted by atomic mass is 9.55. The number of aliphatic hydroxyl groups excluding tert-OH is 5. The molecule has 0 saturated heterocycles. The fourth-order valence-electron chi connectivity index (χ4n) is 6.52. The molecule has 0 amide bonds. The Morgan fingerprint density at radius 1 is 0.974 bits per heavy atom. The van der Waals surface area contributed by atoms with Crippen LogP contribution in [0.25, 0.3) is 0 Å². The van der Waals surface area contributed by atoms with Crippen LogP contribution in [0.2, 0.25) is 5.02 Å². The van der Waals surface area contributed by atoms with E-state index in [4.69, 9.17) is 21.1 Å². The molecule has 6 N–H and O–H groups in total. The van der Waals surface area contributed by atoms with Crippen molar-refractivity contribution >= 4 is 11.6 Å². The molecule has 0 aromatic heterocycles. The van der Waals surface area contributed by atoms with E-state index in [1.807, 2.05) is 24.3 Å². The first kappa shape index (κ1) is 30.2. The van der Waals surface area contributed by atoms with Crippen molar-refractivity contribution in [3.05, 3.63) is 64.2 Å². The van der Waals surface area contributed by atoms with Crippen LogP contribution in [0.3, 0.4) is 0 Å². The number of fused-ring (bicyclic) bond motifs is 2. The molecule has 9 heteroatoms. The first-order valence-corrected chi connectivity index (χ1v) is 13.9. The average molecular weight is 565 g/mol. The second kappa shape index (κ2) is 11.3. The molecule has 0 aliphatic heterocycles. The molecule has 2 unspecified atom stereocenters. The predicted octanol–water partition coefficient (Wildman–Crippen LogP) is 2.20. The van der Waals surface area contributed by atoms with Crippen LogP contribution >= 0.6 is 11.6 Å². The van der Waals surface area contributed by atoms with E-state index in [1.165, 1.54) is 13.8 Å². The van der Waals surface area contributed by atoms with Gasteiger partial charge in [0.2, 0.25) is 0 Å². The van der Waals surface area contributed by atoms with Crippen LogP contribution in [0, 0.1) is 11.3 Å². The van der Waals surface area contributed by atoms with Gasteiger partial charge in [0.05, 0.1) is 47.5 Å². The van der Waals surface area contributed by atoms with E-state index >= 15 is 0 Å². The minimum atomic E-state index is -1.74. The molecular formula is C30H41ClO8. The number of halogens is 1. The van der Waals surface area contributed by atoms with Crippen LogP contribution in [0.15, 0.2) is 42.5 Å². The fraction of sp³-hybridized carbons (Fsp3) is 0.600. The molecule has 0 heterocycles. The first-order chi connectivity index (χ1) is 18.3. The molecule has 0 spiro atoms. The van der Waals surface area contributed by atoms with E-state index in [2.05, 4.69) is 13.8 Å². The molecule has 2 aromatic rings. The third-order valence-corrected chi connectivity index (χ3v) is 9.01. The second-order valence-electron chi connectivity index (χ2n) is 12.0. The van der Waals surface area contributed by atoms with Crippen molar-refractivity contribution in [1.29, 1.82) is 0 Å². The van der Waals surface area contributed by atoms with Gasteiger partial charge in [-0.15, -0.1) is 0 Å². The molecular weight excluding hydrogens is 524 g/mol. The van der Waals surface area contributed by atoms with Crippen molar-refractivity contribution in [2.75, 3.05) is 19.8 Å². The Bertz CT molecular complexity index is 1130. The average Bonchev–Trinajstić information content (AvgIpc) is 3.08. The lowest BCUT2D eigenvalue weighted by Crippen LogP contribution is -2.72. The summed E-state index contributed by atoms with van der Waals surface area (Å²) in [5, 5.41) is 67.4. The van der Waals surface area contributed by atoms with Crippen molar-refractivity contribution in [2.45, 2.75) is 82.1 Å². The smallest absolute Gasteiger partial charge is 0.119 e. The van der Waals surface area contributed by atoms with Gasteiger partial charge in [-0.1, -0.05) is 49.7 Å². The lowest BCUT2D eigenvalue weighted by Gasteiger charge is -2.56. The standard InChI is InChI=1S/C30H41ClO8/c1-17(2)16-38-11-12-39-21-8-5-18(6-9-21)13-19-14-20(7-10-22(19)31)30-23(32)15-29(27(30)36,28(3,4)37)25(34)24(33)26(30)35/h5-10,14,17,23-27,32-37H,11-13,15-16H2,1-4H3/t23?,24-,25-,26+,27?,29-,30-/m1/s1. The molecule has 2 aliphatic carbocycles. The van der Waals surface area contributed by atoms with Crippen molar-refractivity contribution < 1.29 is 40.1 Å². The molecule has 2 saturated carbocycles. The van der Waals surface area contributed by atoms with Gasteiger partial charge in [0, 0.05) is 11.6 Å². The number of hydrogen-bond donors (Lipinski definition) is 6. The molecule has 8 nitrogen and oxygen atoms in total. The summed E-state index contributed by atoms with van der Waals surface area (Å²) in [6.45, 7) is 8.67. The highest BCUT2D eigenvalue weighted by atomic mass is 35.5. The highest BCUT2D eigenvalue weighted by Gasteiger charge is 2.77. The number of benzene rings is 2. The summed E-state index contributed by atoms with van der Waals surface area (Å²) < 4.78 is 11.3. The van der Waals surface area contributed by atoms with Gasteiger partial charge in [-0.05, 0) is 67.5 Å². The number of hydrogen-bond acceptors (Lipinski definition) is 8. The normalized spacial score (nSPS) is 32.6. The summed E-state index contributed by atoms with van der Waals surface area (Å²) in [5.74, 6) is 1.18. The Morgan fingerprint density at radius 3 is 2.26 bits per heavy atom. The zero-order valence-electron chi connectivity index (χ0n) is 22.9. The van der Waals surface area contributed by atoms with Crippen LogP contribution in [0.4, 0.5) is 0 Å². The van der Waals surface area contributed by atoms with Crippen molar-refractivity contribution in [3.63, 3.8) is 0 Å². The van der Waals surface area contributed by atoms with Gasteiger partial charge in [0.1, 0.15) is 18.5 Å². The molecule has 2 bridgehead atoms. The predicted molar refractivity (Wildman–Crippen MR) is 147 cm³/mol. The van der Waals surface area contributed by atoms with E-state index in [9.17, 15) is 30.6 Å². The van der Waals surface area contributed by atoms with Gasteiger partial charge in [0.25, 0.3) is 0 Å². The molecule has 39 heavy (non-hydrogen) atoms. The van der Waals surface area contributed by atoms with Crippen LogP contribution < -0.4 is 4.74 Å². The monoisotopic (exact) mass is 564 g/mol. The van der Waals surface area contributed by atoms with Gasteiger partial charge >= 0.3 is 0 Å². The Labute approximate surface area is 234 Å². The van der Waals surface area contributed by atoms with Crippen molar-refractivity contribution in [1.82, 2.24) is 0 Å². The zero-order chi connectivity index (χ0) is 28.8. The summed E-state index contributed by atoms with van der Waals surface area (Å²) in [6, 6.07) is 12.5. The van der Waals surface area contributed by atoms with E-state index in [1.54, 1.807) is 18.2 Å². The molecule has 2 fully saturated rings. The fourth-order valence-corrected chi connectivity index (χ4v) is 6.70. The zero-order valence-corrected chi connectivity index (χ0v) is 23.7. The van der Waals surface area contributed by atoms with Gasteiger partial charge < -0.3 is 40.1 Å². The van der Waals surface area contributed by atoms with Crippen molar-refractivity contribution in [3.8, 4) is 5.75 Å². The summed E-state index contributed by atoms with van der Waals surface area (Å²) in [6.07, 6.45) is -7.73. The molecule has 2 aliphatic rings. The summed E-state index contributed by atoms with van der Waals surface area (Å²) in [4.78, 5) is 0. The first-order valence-electron chi connectivity index (χ1n) is 13.5. The Kier molecular flexibility index (Phi) is 8.72. The highest BCUT2D eigenvalue weighted by molar-refractivity contribution is 6.31. The number of rotatable bonds is 10. The second-order valence-corrected chi connectivity index (χ2v) is 12.4. The Hall–Kier alpha value is -1.75. The Balaban J connectivity index is 1.59. The Morgan fingerprint density at radius 2 is 1.64 bits per heavy atom. The summed E-state index contributed by atoms with van der Waals surface area (Å²) in [5.41, 5.74) is -3.09. The number of ether oxygens (including phenoxy) is 2. The van der Waals surface area contributed by atoms with Gasteiger partial charge in [0.15, 0.2) is 0 Å². The third kappa shape index (κ3) is 5.11. The molecule has 0 radical (unpaired) electrons. The van der Waals surface area contributed by atoms with E-state index in [0.717, 1.165) is 5.56 Å². The topological polar surface area (TPSA) is 140 Å². The largest absolute Gasteiger partial charge is 0.491 e. The minimum Gasteiger partial charge on any atom is -0.491 e. The maximum absolute atomic E-state index is 11.6. The third-order valence-electron chi connectivity index (χ3n) is 8.64. The summed E-state index contributed by atoms with van der Waals surface area (Å²) >= 11 is 6.54. The van der Waals surface area contributed by atoms with Gasteiger partial charge in [-0.2, -0.15) is 0 Å². The SMILES string of the molecule is CC(C)COCCOc1ccc(Cc2cc([C@]34C(O)C[C@](C(C)(C)O)(C3O)[C@H](O)[C@@H](O)[C@@H]4O)ccc2Cl)cc1. The van der Waals surface area contributed by atoms with E-state index in [-0.39, 0.29) is 6.42 Å². The quantitative estimate of drug-likeness (QED) is 0.241. The maximum atomic E-state index is 11.6. The summed E-state index contributed by atoms with van der Waals surface area (Å²) in [7, 11) is 0. The molecule has 4 rings (SSSR count).